The van der Waals surface area contributed by atoms with E-state index in [1.54, 1.807) is 13.8 Å². The van der Waals surface area contributed by atoms with Gasteiger partial charge in [0.25, 0.3) is 0 Å². The van der Waals surface area contributed by atoms with Gasteiger partial charge in [-0.15, -0.1) is 0 Å². The number of rotatable bonds is 3. The topological polar surface area (TPSA) is 49.7 Å². The number of phenolic OH excluding ortho intramolecular Hbond substituents is 1. The van der Waals surface area contributed by atoms with Crippen molar-refractivity contribution in [3.8, 4) is 11.5 Å². The molecule has 3 nitrogen and oxygen atoms in total. The van der Waals surface area contributed by atoms with E-state index in [2.05, 4.69) is 0 Å². The van der Waals surface area contributed by atoms with Crippen LogP contribution >= 0.6 is 0 Å². The zero-order valence-electron chi connectivity index (χ0n) is 9.04. The molecule has 0 unspecified atom stereocenters. The van der Waals surface area contributed by atoms with E-state index in [4.69, 9.17) is 9.84 Å². The first kappa shape index (κ1) is 11.8. The normalized spacial score (nSPS) is 11.5. The Kier molecular flexibility index (Phi) is 3.19. The van der Waals surface area contributed by atoms with E-state index in [0.29, 0.717) is 0 Å². The molecule has 0 aliphatic rings. The van der Waals surface area contributed by atoms with E-state index in [1.807, 2.05) is 0 Å². The lowest BCUT2D eigenvalue weighted by Crippen LogP contribution is -2.23. The first-order valence-electron chi connectivity index (χ1n) is 4.60. The van der Waals surface area contributed by atoms with Crippen LogP contribution in [0.15, 0.2) is 12.1 Å². The first-order chi connectivity index (χ1) is 6.92. The highest BCUT2D eigenvalue weighted by Crippen LogP contribution is 2.35. The number of phenols is 1. The average molecular weight is 214 g/mol. The summed E-state index contributed by atoms with van der Waals surface area (Å²) in [5.74, 6) is -0.528. The molecule has 0 bridgehead atoms. The van der Waals surface area contributed by atoms with Gasteiger partial charge in [-0.1, -0.05) is 13.8 Å². The van der Waals surface area contributed by atoms with E-state index < -0.39 is 11.2 Å². The summed E-state index contributed by atoms with van der Waals surface area (Å²) in [5.41, 5.74) is -0.716. The largest absolute Gasteiger partial charge is 0.507 e. The highest BCUT2D eigenvalue weighted by molar-refractivity contribution is 5.44. The molecule has 1 aromatic carbocycles. The molecule has 0 aromatic heterocycles. The molecule has 84 valence electrons. The number of benzene rings is 1. The van der Waals surface area contributed by atoms with E-state index in [1.165, 1.54) is 19.2 Å². The van der Waals surface area contributed by atoms with Gasteiger partial charge in [-0.05, 0) is 0 Å². The Hall–Kier alpha value is -1.29. The molecular weight excluding hydrogens is 199 g/mol. The van der Waals surface area contributed by atoms with Crippen LogP contribution < -0.4 is 4.74 Å². The molecule has 0 aliphatic heterocycles. The fourth-order valence-electron chi connectivity index (χ4n) is 1.43. The predicted molar refractivity (Wildman–Crippen MR) is 54.7 cm³/mol. The Morgan fingerprint density at radius 2 is 2.00 bits per heavy atom. The molecule has 0 radical (unpaired) electrons. The summed E-state index contributed by atoms with van der Waals surface area (Å²) in [5, 5.41) is 18.8. The SMILES string of the molecule is COc1cc(O)c(C(C)(C)CO)c(F)c1. The quantitative estimate of drug-likeness (QED) is 0.806. The molecule has 1 rings (SSSR count). The van der Waals surface area contributed by atoms with Crippen LogP contribution in [0, 0.1) is 5.82 Å². The Bertz CT molecular complexity index is 338. The second kappa shape index (κ2) is 4.06. The zero-order chi connectivity index (χ0) is 11.6. The van der Waals surface area contributed by atoms with Crippen LogP contribution in [0.1, 0.15) is 19.4 Å². The summed E-state index contributed by atoms with van der Waals surface area (Å²) in [6.07, 6.45) is 0. The molecule has 1 aromatic rings. The van der Waals surface area contributed by atoms with Gasteiger partial charge in [0.15, 0.2) is 0 Å². The van der Waals surface area contributed by atoms with Gasteiger partial charge < -0.3 is 14.9 Å². The summed E-state index contributed by atoms with van der Waals surface area (Å²) in [6, 6.07) is 2.52. The monoisotopic (exact) mass is 214 g/mol. The highest BCUT2D eigenvalue weighted by atomic mass is 19.1. The minimum absolute atomic E-state index is 0.103. The predicted octanol–water partition coefficient (Wildman–Crippen LogP) is 1.81. The second-order valence-corrected chi connectivity index (χ2v) is 4.05. The zero-order valence-corrected chi connectivity index (χ0v) is 9.04. The van der Waals surface area contributed by atoms with Crippen LogP contribution in [0.3, 0.4) is 0 Å². The molecule has 4 heteroatoms. The van der Waals surface area contributed by atoms with Crippen molar-refractivity contribution >= 4 is 0 Å². The molecule has 0 saturated heterocycles. The third kappa shape index (κ3) is 2.21. The van der Waals surface area contributed by atoms with Gasteiger partial charge in [-0.3, -0.25) is 0 Å². The number of aliphatic hydroxyl groups is 1. The molecule has 0 fully saturated rings. The smallest absolute Gasteiger partial charge is 0.134 e. The fourth-order valence-corrected chi connectivity index (χ4v) is 1.43. The van der Waals surface area contributed by atoms with E-state index in [9.17, 15) is 9.50 Å². The molecular formula is C11H15FO3. The summed E-state index contributed by atoms with van der Waals surface area (Å²) >= 11 is 0. The molecule has 15 heavy (non-hydrogen) atoms. The van der Waals surface area contributed by atoms with Crippen molar-refractivity contribution in [2.75, 3.05) is 13.7 Å². The Morgan fingerprint density at radius 1 is 1.40 bits per heavy atom. The summed E-state index contributed by atoms with van der Waals surface area (Å²) < 4.78 is 18.4. The van der Waals surface area contributed by atoms with Crippen LogP contribution in [0.5, 0.6) is 11.5 Å². The van der Waals surface area contributed by atoms with Crippen LogP contribution in [-0.4, -0.2) is 23.9 Å². The van der Waals surface area contributed by atoms with E-state index in [0.717, 1.165) is 0 Å². The standard InChI is InChI=1S/C11H15FO3/c1-11(2,6-13)10-8(12)4-7(15-3)5-9(10)14/h4-5,13-14H,6H2,1-3H3. The van der Waals surface area contributed by atoms with Gasteiger partial charge in [0.1, 0.15) is 17.3 Å². The third-order valence-electron chi connectivity index (χ3n) is 2.35. The van der Waals surface area contributed by atoms with E-state index >= 15 is 0 Å². The maximum atomic E-state index is 13.6. The number of hydrogen-bond acceptors (Lipinski definition) is 3. The second-order valence-electron chi connectivity index (χ2n) is 4.05. The van der Waals surface area contributed by atoms with Crippen molar-refractivity contribution < 1.29 is 19.3 Å². The number of aliphatic hydroxyl groups excluding tert-OH is 1. The van der Waals surface area contributed by atoms with Gasteiger partial charge in [0.2, 0.25) is 0 Å². The van der Waals surface area contributed by atoms with Gasteiger partial charge in [-0.25, -0.2) is 4.39 Å². The summed E-state index contributed by atoms with van der Waals surface area (Å²) in [7, 11) is 1.39. The highest BCUT2D eigenvalue weighted by Gasteiger charge is 2.27. The summed E-state index contributed by atoms with van der Waals surface area (Å²) in [4.78, 5) is 0. The lowest BCUT2D eigenvalue weighted by molar-refractivity contribution is 0.211. The van der Waals surface area contributed by atoms with Crippen LogP contribution in [0.4, 0.5) is 4.39 Å². The van der Waals surface area contributed by atoms with E-state index in [-0.39, 0.29) is 23.7 Å². The third-order valence-corrected chi connectivity index (χ3v) is 2.35. The van der Waals surface area contributed by atoms with Gasteiger partial charge >= 0.3 is 0 Å². The van der Waals surface area contributed by atoms with Crippen molar-refractivity contribution in [1.29, 1.82) is 0 Å². The molecule has 0 amide bonds. The van der Waals surface area contributed by atoms with Crippen molar-refractivity contribution in [1.82, 2.24) is 0 Å². The number of halogens is 1. The minimum atomic E-state index is -0.819. The molecule has 0 spiro atoms. The van der Waals surface area contributed by atoms with Crippen LogP contribution in [-0.2, 0) is 5.41 Å². The average Bonchev–Trinajstić information content (AvgIpc) is 2.16. The van der Waals surface area contributed by atoms with Crippen molar-refractivity contribution in [3.05, 3.63) is 23.5 Å². The maximum absolute atomic E-state index is 13.6. The minimum Gasteiger partial charge on any atom is -0.507 e. The number of aromatic hydroxyl groups is 1. The molecule has 0 atom stereocenters. The molecule has 2 N–H and O–H groups in total. The number of ether oxygens (including phenoxy) is 1. The Morgan fingerprint density at radius 3 is 2.40 bits per heavy atom. The van der Waals surface area contributed by atoms with Gasteiger partial charge in [0, 0.05) is 23.1 Å². The van der Waals surface area contributed by atoms with Gasteiger partial charge in [-0.2, -0.15) is 0 Å². The Balaban J connectivity index is 3.31. The first-order valence-corrected chi connectivity index (χ1v) is 4.60. The van der Waals surface area contributed by atoms with Crippen molar-refractivity contribution in [2.24, 2.45) is 0 Å². The number of methoxy groups -OCH3 is 1. The van der Waals surface area contributed by atoms with Crippen LogP contribution in [0.25, 0.3) is 0 Å². The lowest BCUT2D eigenvalue weighted by atomic mass is 9.84. The number of hydrogen-bond donors (Lipinski definition) is 2. The summed E-state index contributed by atoms with van der Waals surface area (Å²) in [6.45, 7) is 3.05. The van der Waals surface area contributed by atoms with Crippen molar-refractivity contribution in [3.63, 3.8) is 0 Å². The van der Waals surface area contributed by atoms with Gasteiger partial charge in [0.05, 0.1) is 13.7 Å². The fraction of sp³-hybridized carbons (Fsp3) is 0.455. The van der Waals surface area contributed by atoms with Crippen LogP contribution in [0.2, 0.25) is 0 Å². The lowest BCUT2D eigenvalue weighted by Gasteiger charge is -2.24. The maximum Gasteiger partial charge on any atom is 0.134 e. The molecule has 0 saturated carbocycles. The Labute approximate surface area is 88.1 Å². The molecule has 0 heterocycles. The molecule has 0 aliphatic carbocycles. The van der Waals surface area contributed by atoms with Crippen molar-refractivity contribution in [2.45, 2.75) is 19.3 Å².